The molecule has 2 rings (SSSR count). The molecule has 0 saturated carbocycles. The summed E-state index contributed by atoms with van der Waals surface area (Å²) >= 11 is 13.0. The second kappa shape index (κ2) is 6.54. The van der Waals surface area contributed by atoms with E-state index in [1.807, 2.05) is 19.1 Å². The van der Waals surface area contributed by atoms with E-state index >= 15 is 0 Å². The van der Waals surface area contributed by atoms with Gasteiger partial charge in [0.05, 0.1) is 15.0 Å². The van der Waals surface area contributed by atoms with Gasteiger partial charge in [0.2, 0.25) is 0 Å². The molecule has 1 heterocycles. The van der Waals surface area contributed by atoms with E-state index in [-0.39, 0.29) is 16.0 Å². The monoisotopic (exact) mass is 330 g/mol. The van der Waals surface area contributed by atoms with Crippen LogP contribution in [0.5, 0.6) is 0 Å². The topological polar surface area (TPSA) is 55.2 Å². The lowest BCUT2D eigenvalue weighted by Gasteiger charge is -2.14. The maximum atomic E-state index is 10.6. The molecule has 106 valence electrons. The Labute approximate surface area is 130 Å². The quantitative estimate of drug-likeness (QED) is 0.632. The summed E-state index contributed by atoms with van der Waals surface area (Å²) in [6.45, 7) is 2.57. The van der Waals surface area contributed by atoms with E-state index in [2.05, 4.69) is 5.32 Å². The maximum Gasteiger partial charge on any atom is 0.324 e. The Hall–Kier alpha value is -1.14. The third kappa shape index (κ3) is 3.70. The zero-order valence-corrected chi connectivity index (χ0v) is 12.9. The SMILES string of the molecule is CC(NCc1ccc([N+](=O)[O-])s1)c1ccc(Cl)c(Cl)c1. The summed E-state index contributed by atoms with van der Waals surface area (Å²) < 4.78 is 0. The fraction of sp³-hybridized carbons (Fsp3) is 0.231. The number of hydrogen-bond acceptors (Lipinski definition) is 4. The molecule has 0 aliphatic rings. The van der Waals surface area contributed by atoms with Gasteiger partial charge in [-0.2, -0.15) is 0 Å². The summed E-state index contributed by atoms with van der Waals surface area (Å²) in [5, 5.41) is 15.1. The number of rotatable bonds is 5. The van der Waals surface area contributed by atoms with Gasteiger partial charge in [-0.25, -0.2) is 0 Å². The first kappa shape index (κ1) is 15.3. The van der Waals surface area contributed by atoms with Crippen molar-refractivity contribution in [3.63, 3.8) is 0 Å². The lowest BCUT2D eigenvalue weighted by atomic mass is 10.1. The maximum absolute atomic E-state index is 10.6. The van der Waals surface area contributed by atoms with Crippen LogP contribution in [0.1, 0.15) is 23.4 Å². The minimum Gasteiger partial charge on any atom is -0.305 e. The molecule has 0 saturated heterocycles. The Balaban J connectivity index is 1.98. The van der Waals surface area contributed by atoms with Crippen molar-refractivity contribution < 1.29 is 4.92 Å². The van der Waals surface area contributed by atoms with Gasteiger partial charge in [-0.1, -0.05) is 40.6 Å². The molecule has 1 aromatic carbocycles. The molecule has 0 aliphatic heterocycles. The lowest BCUT2D eigenvalue weighted by Crippen LogP contribution is -2.17. The molecule has 1 atom stereocenters. The predicted molar refractivity (Wildman–Crippen MR) is 82.7 cm³/mol. The van der Waals surface area contributed by atoms with Gasteiger partial charge < -0.3 is 5.32 Å². The number of halogens is 2. The molecule has 0 fully saturated rings. The van der Waals surface area contributed by atoms with Crippen LogP contribution in [0.25, 0.3) is 0 Å². The fourth-order valence-electron chi connectivity index (χ4n) is 1.71. The smallest absolute Gasteiger partial charge is 0.305 e. The average Bonchev–Trinajstić information content (AvgIpc) is 2.88. The number of nitro groups is 1. The van der Waals surface area contributed by atoms with E-state index in [0.717, 1.165) is 10.4 Å². The van der Waals surface area contributed by atoms with Crippen molar-refractivity contribution in [2.45, 2.75) is 19.5 Å². The van der Waals surface area contributed by atoms with E-state index in [1.54, 1.807) is 12.1 Å². The predicted octanol–water partition coefficient (Wildman–Crippen LogP) is 4.81. The van der Waals surface area contributed by atoms with Crippen molar-refractivity contribution in [1.82, 2.24) is 5.32 Å². The molecule has 1 unspecified atom stereocenters. The standard InChI is InChI=1S/C13H12Cl2N2O2S/c1-8(9-2-4-11(14)12(15)6-9)16-7-10-3-5-13(20-10)17(18)19/h2-6,8,16H,7H2,1H3. The first-order valence-corrected chi connectivity index (χ1v) is 7.46. The minimum atomic E-state index is -0.378. The Kier molecular flexibility index (Phi) is 4.99. The first-order valence-electron chi connectivity index (χ1n) is 5.89. The summed E-state index contributed by atoms with van der Waals surface area (Å²) in [5.74, 6) is 0. The van der Waals surface area contributed by atoms with Crippen LogP contribution in [0, 0.1) is 10.1 Å². The molecule has 4 nitrogen and oxygen atoms in total. The van der Waals surface area contributed by atoms with Gasteiger partial charge in [0.1, 0.15) is 0 Å². The highest BCUT2D eigenvalue weighted by Gasteiger charge is 2.11. The highest BCUT2D eigenvalue weighted by atomic mass is 35.5. The number of hydrogen-bond donors (Lipinski definition) is 1. The van der Waals surface area contributed by atoms with E-state index in [4.69, 9.17) is 23.2 Å². The van der Waals surface area contributed by atoms with Gasteiger partial charge in [-0.15, -0.1) is 0 Å². The number of thiophene rings is 1. The summed E-state index contributed by atoms with van der Waals surface area (Å²) in [6.07, 6.45) is 0. The summed E-state index contributed by atoms with van der Waals surface area (Å²) in [6, 6.07) is 8.84. The normalized spacial score (nSPS) is 12.3. The van der Waals surface area contributed by atoms with Gasteiger partial charge in [-0.05, 0) is 30.7 Å². The fourth-order valence-corrected chi connectivity index (χ4v) is 2.79. The highest BCUT2D eigenvalue weighted by Crippen LogP contribution is 2.27. The molecule has 0 radical (unpaired) electrons. The Morgan fingerprint density at radius 2 is 2.05 bits per heavy atom. The van der Waals surface area contributed by atoms with Gasteiger partial charge >= 0.3 is 5.00 Å². The molecular weight excluding hydrogens is 319 g/mol. The molecule has 7 heteroatoms. The molecule has 0 spiro atoms. The zero-order chi connectivity index (χ0) is 14.7. The van der Waals surface area contributed by atoms with Crippen molar-refractivity contribution in [2.75, 3.05) is 0 Å². The van der Waals surface area contributed by atoms with Crippen molar-refractivity contribution in [3.8, 4) is 0 Å². The van der Waals surface area contributed by atoms with Crippen LogP contribution in [-0.2, 0) is 6.54 Å². The summed E-state index contributed by atoms with van der Waals surface area (Å²) in [5.41, 5.74) is 1.02. The molecule has 0 bridgehead atoms. The highest BCUT2D eigenvalue weighted by molar-refractivity contribution is 7.15. The van der Waals surface area contributed by atoms with Crippen LogP contribution in [-0.4, -0.2) is 4.92 Å². The molecular formula is C13H12Cl2N2O2S. The second-order valence-corrected chi connectivity index (χ2v) is 6.23. The van der Waals surface area contributed by atoms with E-state index in [0.29, 0.717) is 16.6 Å². The van der Waals surface area contributed by atoms with E-state index < -0.39 is 0 Å². The summed E-state index contributed by atoms with van der Waals surface area (Å²) in [4.78, 5) is 11.2. The second-order valence-electron chi connectivity index (χ2n) is 4.27. The minimum absolute atomic E-state index is 0.0749. The van der Waals surface area contributed by atoms with Crippen LogP contribution in [0.4, 0.5) is 5.00 Å². The van der Waals surface area contributed by atoms with Gasteiger partial charge in [0, 0.05) is 23.5 Å². The third-order valence-electron chi connectivity index (χ3n) is 2.85. The lowest BCUT2D eigenvalue weighted by molar-refractivity contribution is -0.380. The number of benzene rings is 1. The largest absolute Gasteiger partial charge is 0.324 e. The van der Waals surface area contributed by atoms with Gasteiger partial charge in [0.25, 0.3) is 0 Å². The molecule has 1 N–H and O–H groups in total. The van der Waals surface area contributed by atoms with Gasteiger partial charge in [0.15, 0.2) is 0 Å². The Morgan fingerprint density at radius 1 is 1.30 bits per heavy atom. The van der Waals surface area contributed by atoms with Crippen molar-refractivity contribution in [3.05, 3.63) is 60.9 Å². The third-order valence-corrected chi connectivity index (χ3v) is 4.63. The molecule has 0 aliphatic carbocycles. The summed E-state index contributed by atoms with van der Waals surface area (Å²) in [7, 11) is 0. The van der Waals surface area contributed by atoms with Crippen LogP contribution in [0.15, 0.2) is 30.3 Å². The van der Waals surface area contributed by atoms with Crippen molar-refractivity contribution in [1.29, 1.82) is 0 Å². The molecule has 0 amide bonds. The first-order chi connectivity index (χ1) is 9.47. The number of nitrogens with one attached hydrogen (secondary N) is 1. The Morgan fingerprint density at radius 3 is 2.65 bits per heavy atom. The molecule has 1 aromatic heterocycles. The zero-order valence-electron chi connectivity index (χ0n) is 10.6. The average molecular weight is 331 g/mol. The van der Waals surface area contributed by atoms with Crippen LogP contribution < -0.4 is 5.32 Å². The van der Waals surface area contributed by atoms with E-state index in [1.165, 1.54) is 17.4 Å². The van der Waals surface area contributed by atoms with Crippen LogP contribution in [0.2, 0.25) is 10.0 Å². The van der Waals surface area contributed by atoms with Crippen molar-refractivity contribution in [2.24, 2.45) is 0 Å². The van der Waals surface area contributed by atoms with E-state index in [9.17, 15) is 10.1 Å². The Bertz CT molecular complexity index is 631. The van der Waals surface area contributed by atoms with Crippen molar-refractivity contribution >= 4 is 39.5 Å². The van der Waals surface area contributed by atoms with Crippen LogP contribution >= 0.6 is 34.5 Å². The van der Waals surface area contributed by atoms with Gasteiger partial charge in [-0.3, -0.25) is 10.1 Å². The molecule has 2 aromatic rings. The molecule has 20 heavy (non-hydrogen) atoms. The van der Waals surface area contributed by atoms with Crippen LogP contribution in [0.3, 0.4) is 0 Å². The number of nitrogens with zero attached hydrogens (tertiary/aromatic N) is 1.